The van der Waals surface area contributed by atoms with E-state index in [9.17, 15) is 0 Å². The van der Waals surface area contributed by atoms with Crippen molar-refractivity contribution in [3.63, 3.8) is 0 Å². The molecule has 0 N–H and O–H groups in total. The predicted molar refractivity (Wildman–Crippen MR) is 130 cm³/mol. The van der Waals surface area contributed by atoms with Crippen LogP contribution in [0.15, 0.2) is 72.8 Å². The third-order valence-corrected chi connectivity index (χ3v) is 7.26. The minimum Gasteiger partial charge on any atom is -0.497 e. The minimum absolute atomic E-state index is 0.214. The fraction of sp³-hybridized carbons (Fsp3) is 0.379. The van der Waals surface area contributed by atoms with Gasteiger partial charge < -0.3 is 9.47 Å². The number of ether oxygens (including phenoxy) is 2. The van der Waals surface area contributed by atoms with E-state index in [4.69, 9.17) is 9.47 Å². The van der Waals surface area contributed by atoms with Crippen LogP contribution in [-0.4, -0.2) is 31.3 Å². The van der Waals surface area contributed by atoms with Gasteiger partial charge in [-0.05, 0) is 84.7 Å². The lowest BCUT2D eigenvalue weighted by Gasteiger charge is -2.35. The molecule has 1 fully saturated rings. The number of nitrogens with zero attached hydrogens (tertiary/aromatic N) is 1. The lowest BCUT2D eigenvalue weighted by atomic mass is 9.69. The molecule has 1 aliphatic heterocycles. The molecule has 0 radical (unpaired) electrons. The van der Waals surface area contributed by atoms with Crippen LogP contribution in [-0.2, 0) is 6.42 Å². The molecule has 0 aromatic heterocycles. The number of aryl methyl sites for hydroxylation is 1. The Morgan fingerprint density at radius 1 is 0.875 bits per heavy atom. The van der Waals surface area contributed by atoms with Crippen molar-refractivity contribution in [2.45, 2.75) is 50.7 Å². The van der Waals surface area contributed by atoms with Gasteiger partial charge in [0, 0.05) is 12.5 Å². The monoisotopic (exact) mass is 427 g/mol. The lowest BCUT2D eigenvalue weighted by molar-refractivity contribution is 0.0650. The Morgan fingerprint density at radius 3 is 2.41 bits per heavy atom. The molecule has 166 valence electrons. The quantitative estimate of drug-likeness (QED) is 0.456. The molecule has 1 saturated heterocycles. The van der Waals surface area contributed by atoms with Gasteiger partial charge in [0.2, 0.25) is 0 Å². The Morgan fingerprint density at radius 2 is 1.66 bits per heavy atom. The summed E-state index contributed by atoms with van der Waals surface area (Å²) in [6.45, 7) is 4.40. The molecule has 0 spiro atoms. The number of hydrogen-bond donors (Lipinski definition) is 0. The van der Waals surface area contributed by atoms with Gasteiger partial charge in [-0.2, -0.15) is 0 Å². The summed E-state index contributed by atoms with van der Waals surface area (Å²) in [7, 11) is 1.75. The first-order valence-corrected chi connectivity index (χ1v) is 12.0. The van der Waals surface area contributed by atoms with Crippen molar-refractivity contribution in [2.75, 3.05) is 20.2 Å². The van der Waals surface area contributed by atoms with Crippen LogP contribution >= 0.6 is 0 Å². The number of likely N-dealkylation sites (tertiary alicyclic amines) is 1. The van der Waals surface area contributed by atoms with E-state index < -0.39 is 0 Å². The highest BCUT2D eigenvalue weighted by molar-refractivity contribution is 5.48. The Labute approximate surface area is 192 Å². The molecule has 2 aliphatic rings. The van der Waals surface area contributed by atoms with E-state index >= 15 is 0 Å². The van der Waals surface area contributed by atoms with Gasteiger partial charge in [0.25, 0.3) is 0 Å². The van der Waals surface area contributed by atoms with Crippen LogP contribution in [0.25, 0.3) is 0 Å². The van der Waals surface area contributed by atoms with Gasteiger partial charge in [-0.3, -0.25) is 4.90 Å². The van der Waals surface area contributed by atoms with Crippen molar-refractivity contribution >= 4 is 0 Å². The molecular formula is C29H33NO2. The highest BCUT2D eigenvalue weighted by Crippen LogP contribution is 2.47. The van der Waals surface area contributed by atoms with Crippen LogP contribution in [0.5, 0.6) is 11.5 Å². The third kappa shape index (κ3) is 4.14. The van der Waals surface area contributed by atoms with Gasteiger partial charge in [0.05, 0.1) is 7.11 Å². The summed E-state index contributed by atoms with van der Waals surface area (Å²) in [5.74, 6) is 2.72. The summed E-state index contributed by atoms with van der Waals surface area (Å²) in [6.07, 6.45) is 4.77. The zero-order chi connectivity index (χ0) is 21.9. The number of hydrogen-bond acceptors (Lipinski definition) is 3. The van der Waals surface area contributed by atoms with E-state index in [0.29, 0.717) is 11.8 Å². The summed E-state index contributed by atoms with van der Waals surface area (Å²) in [4.78, 5) is 2.42. The summed E-state index contributed by atoms with van der Waals surface area (Å²) >= 11 is 0. The first-order chi connectivity index (χ1) is 15.8. The lowest BCUT2D eigenvalue weighted by Crippen LogP contribution is -2.33. The standard InChI is InChI=1S/C29H33NO2/c1-3-30-19-7-10-28(30)32-24-14-11-22(12-15-24)29-26(21-8-5-4-6-9-21)17-13-23-20-25(31-2)16-18-27(23)29/h4-6,8-9,11-12,14-16,18,20,26,28-29H,3,7,10,13,17,19H2,1-2H3. The van der Waals surface area contributed by atoms with Crippen molar-refractivity contribution in [1.29, 1.82) is 0 Å². The molecule has 3 nitrogen and oxygen atoms in total. The smallest absolute Gasteiger partial charge is 0.152 e. The third-order valence-electron chi connectivity index (χ3n) is 7.26. The summed E-state index contributed by atoms with van der Waals surface area (Å²) in [5.41, 5.74) is 5.61. The molecule has 3 unspecified atom stereocenters. The maximum Gasteiger partial charge on any atom is 0.152 e. The first kappa shape index (κ1) is 21.1. The highest BCUT2D eigenvalue weighted by atomic mass is 16.5. The summed E-state index contributed by atoms with van der Waals surface area (Å²) in [5, 5.41) is 0. The van der Waals surface area contributed by atoms with Crippen molar-refractivity contribution in [3.05, 3.63) is 95.1 Å². The SMILES string of the molecule is CCN1CCCC1Oc1ccc(C2c3ccc(OC)cc3CCC2c2ccccc2)cc1. The molecule has 5 rings (SSSR count). The maximum atomic E-state index is 6.34. The number of benzene rings is 3. The minimum atomic E-state index is 0.214. The van der Waals surface area contributed by atoms with Crippen LogP contribution in [0.1, 0.15) is 60.3 Å². The Kier molecular flexibility index (Phi) is 6.18. The highest BCUT2D eigenvalue weighted by Gasteiger charge is 2.32. The van der Waals surface area contributed by atoms with E-state index in [1.54, 1.807) is 7.11 Å². The fourth-order valence-corrected chi connectivity index (χ4v) is 5.60. The largest absolute Gasteiger partial charge is 0.497 e. The molecule has 3 heteroatoms. The van der Waals surface area contributed by atoms with Crippen LogP contribution in [0.3, 0.4) is 0 Å². The molecule has 0 saturated carbocycles. The molecule has 1 heterocycles. The molecule has 3 aromatic rings. The van der Waals surface area contributed by atoms with Gasteiger partial charge in [-0.25, -0.2) is 0 Å². The second-order valence-electron chi connectivity index (χ2n) is 9.01. The molecule has 3 aromatic carbocycles. The summed E-state index contributed by atoms with van der Waals surface area (Å²) < 4.78 is 11.9. The maximum absolute atomic E-state index is 6.34. The second-order valence-corrected chi connectivity index (χ2v) is 9.01. The molecule has 3 atom stereocenters. The Bertz CT molecular complexity index is 1030. The summed E-state index contributed by atoms with van der Waals surface area (Å²) in [6, 6.07) is 26.5. The van der Waals surface area contributed by atoms with Crippen LogP contribution in [0.2, 0.25) is 0 Å². The predicted octanol–water partition coefficient (Wildman–Crippen LogP) is 6.38. The van der Waals surface area contributed by atoms with Crippen molar-refractivity contribution in [3.8, 4) is 11.5 Å². The van der Waals surface area contributed by atoms with E-state index in [1.807, 2.05) is 0 Å². The van der Waals surface area contributed by atoms with Gasteiger partial charge in [-0.1, -0.05) is 55.5 Å². The van der Waals surface area contributed by atoms with E-state index in [1.165, 1.54) is 28.7 Å². The van der Waals surface area contributed by atoms with Crippen molar-refractivity contribution in [2.24, 2.45) is 0 Å². The zero-order valence-corrected chi connectivity index (χ0v) is 19.2. The van der Waals surface area contributed by atoms with Crippen LogP contribution < -0.4 is 9.47 Å². The number of fused-ring (bicyclic) bond motifs is 1. The van der Waals surface area contributed by atoms with E-state index in [0.717, 1.165) is 43.9 Å². The van der Waals surface area contributed by atoms with E-state index in [-0.39, 0.29) is 6.23 Å². The zero-order valence-electron chi connectivity index (χ0n) is 19.2. The molecule has 0 bridgehead atoms. The average molecular weight is 428 g/mol. The van der Waals surface area contributed by atoms with Crippen molar-refractivity contribution < 1.29 is 9.47 Å². The fourth-order valence-electron chi connectivity index (χ4n) is 5.60. The molecule has 1 aliphatic carbocycles. The van der Waals surface area contributed by atoms with Crippen LogP contribution in [0, 0.1) is 0 Å². The molecule has 0 amide bonds. The van der Waals surface area contributed by atoms with Crippen molar-refractivity contribution in [1.82, 2.24) is 4.90 Å². The number of methoxy groups -OCH3 is 1. The normalized spacial score (nSPS) is 23.0. The van der Waals surface area contributed by atoms with E-state index in [2.05, 4.69) is 84.6 Å². The number of rotatable bonds is 6. The second kappa shape index (κ2) is 9.38. The topological polar surface area (TPSA) is 21.7 Å². The van der Waals surface area contributed by atoms with Gasteiger partial charge in [0.1, 0.15) is 11.5 Å². The van der Waals surface area contributed by atoms with Crippen LogP contribution in [0.4, 0.5) is 0 Å². The Hall–Kier alpha value is -2.78. The molecular weight excluding hydrogens is 394 g/mol. The van der Waals surface area contributed by atoms with Gasteiger partial charge in [0.15, 0.2) is 6.23 Å². The van der Waals surface area contributed by atoms with Gasteiger partial charge in [-0.15, -0.1) is 0 Å². The molecule has 32 heavy (non-hydrogen) atoms. The van der Waals surface area contributed by atoms with Gasteiger partial charge >= 0.3 is 0 Å². The average Bonchev–Trinajstić information content (AvgIpc) is 3.31. The Balaban J connectivity index is 1.47. The first-order valence-electron chi connectivity index (χ1n) is 12.0.